The number of ether oxygens (including phenoxy) is 1. The largest absolute Gasteiger partial charge is 0.464 e. The third-order valence-corrected chi connectivity index (χ3v) is 11.0. The van der Waals surface area contributed by atoms with E-state index in [0.29, 0.717) is 32.1 Å². The SMILES string of the molecule is CC(CCC(=O)OCCS(=O)(=O)O)C1CCC2C3C(=O)CC4CC(=O)CCC4(C)C3CC(=O)C12C. The average molecular weight is 511 g/mol. The Hall–Kier alpha value is -1.61. The van der Waals surface area contributed by atoms with Gasteiger partial charge in [-0.2, -0.15) is 8.42 Å². The number of carbonyl (C=O) groups is 4. The van der Waals surface area contributed by atoms with Gasteiger partial charge in [0, 0.05) is 43.4 Å². The van der Waals surface area contributed by atoms with E-state index in [1.165, 1.54) is 0 Å². The maximum atomic E-state index is 13.8. The van der Waals surface area contributed by atoms with Crippen LogP contribution in [0.1, 0.15) is 78.6 Å². The maximum absolute atomic E-state index is 13.8. The zero-order valence-electron chi connectivity index (χ0n) is 21.0. The van der Waals surface area contributed by atoms with E-state index in [1.807, 2.05) is 13.8 Å². The van der Waals surface area contributed by atoms with Crippen molar-refractivity contribution in [3.05, 3.63) is 0 Å². The van der Waals surface area contributed by atoms with E-state index in [2.05, 4.69) is 6.92 Å². The second-order valence-corrected chi connectivity index (χ2v) is 13.5. The van der Waals surface area contributed by atoms with Gasteiger partial charge in [0.25, 0.3) is 10.1 Å². The van der Waals surface area contributed by atoms with Gasteiger partial charge in [0.05, 0.1) is 0 Å². The Kier molecular flexibility index (Phi) is 7.07. The highest BCUT2D eigenvalue weighted by molar-refractivity contribution is 7.85. The summed E-state index contributed by atoms with van der Waals surface area (Å²) >= 11 is 0. The summed E-state index contributed by atoms with van der Waals surface area (Å²) in [4.78, 5) is 51.4. The van der Waals surface area contributed by atoms with Gasteiger partial charge in [0.15, 0.2) is 0 Å². The molecule has 1 N–H and O–H groups in total. The molecule has 0 spiro atoms. The van der Waals surface area contributed by atoms with Crippen LogP contribution in [0.5, 0.6) is 0 Å². The van der Waals surface area contributed by atoms with E-state index in [4.69, 9.17) is 9.29 Å². The first kappa shape index (κ1) is 26.5. The monoisotopic (exact) mass is 510 g/mol. The molecule has 196 valence electrons. The van der Waals surface area contributed by atoms with E-state index in [0.717, 1.165) is 19.3 Å². The molecule has 0 heterocycles. The van der Waals surface area contributed by atoms with Crippen molar-refractivity contribution in [1.29, 1.82) is 0 Å². The average Bonchev–Trinajstić information content (AvgIpc) is 3.12. The van der Waals surface area contributed by atoms with Crippen LogP contribution in [0.2, 0.25) is 0 Å². The highest BCUT2D eigenvalue weighted by atomic mass is 32.2. The summed E-state index contributed by atoms with van der Waals surface area (Å²) < 4.78 is 35.2. The number of fused-ring (bicyclic) bond motifs is 5. The van der Waals surface area contributed by atoms with E-state index in [1.54, 1.807) is 0 Å². The fourth-order valence-corrected chi connectivity index (χ4v) is 8.56. The number of rotatable bonds is 7. The molecule has 8 unspecified atom stereocenters. The zero-order valence-corrected chi connectivity index (χ0v) is 21.8. The van der Waals surface area contributed by atoms with Gasteiger partial charge < -0.3 is 4.74 Å². The summed E-state index contributed by atoms with van der Waals surface area (Å²) in [6, 6.07) is 0. The van der Waals surface area contributed by atoms with Crippen LogP contribution in [-0.4, -0.2) is 48.6 Å². The summed E-state index contributed by atoms with van der Waals surface area (Å²) in [6.07, 6.45) is 4.88. The Labute approximate surface area is 207 Å². The summed E-state index contributed by atoms with van der Waals surface area (Å²) in [5.41, 5.74) is -0.738. The van der Waals surface area contributed by atoms with E-state index >= 15 is 0 Å². The van der Waals surface area contributed by atoms with Crippen molar-refractivity contribution in [2.45, 2.75) is 78.6 Å². The predicted molar refractivity (Wildman–Crippen MR) is 127 cm³/mol. The lowest BCUT2D eigenvalue weighted by Gasteiger charge is -2.58. The molecule has 0 aromatic rings. The first-order chi connectivity index (χ1) is 16.3. The van der Waals surface area contributed by atoms with Gasteiger partial charge in [-0.1, -0.05) is 20.8 Å². The minimum atomic E-state index is -4.18. The standard InChI is InChI=1S/C26H38O8S/c1-15(4-7-23(30)34-10-11-35(31,32)33)18-5-6-19-24-20(14-22(29)26(18,19)3)25(2)9-8-17(27)12-16(25)13-21(24)28/h15-16,18-20,24H,4-14H2,1-3H3,(H,31,32,33). The lowest BCUT2D eigenvalue weighted by atomic mass is 9.44. The molecule has 0 saturated heterocycles. The Morgan fingerprint density at radius 2 is 1.83 bits per heavy atom. The van der Waals surface area contributed by atoms with Crippen LogP contribution in [-0.2, 0) is 34.0 Å². The molecule has 4 fully saturated rings. The Morgan fingerprint density at radius 1 is 1.11 bits per heavy atom. The molecular weight excluding hydrogens is 472 g/mol. The number of carbonyl (C=O) groups excluding carboxylic acids is 4. The quantitative estimate of drug-likeness (QED) is 0.407. The molecule has 4 aliphatic rings. The van der Waals surface area contributed by atoms with Crippen LogP contribution >= 0.6 is 0 Å². The normalized spacial score (nSPS) is 40.0. The van der Waals surface area contributed by atoms with Gasteiger partial charge in [-0.25, -0.2) is 0 Å². The molecule has 0 aliphatic heterocycles. The van der Waals surface area contributed by atoms with E-state index in [9.17, 15) is 27.6 Å². The fraction of sp³-hybridized carbons (Fsp3) is 0.846. The number of hydrogen-bond acceptors (Lipinski definition) is 7. The molecule has 4 saturated carbocycles. The van der Waals surface area contributed by atoms with Crippen molar-refractivity contribution >= 4 is 33.4 Å². The number of ketones is 3. The lowest BCUT2D eigenvalue weighted by molar-refractivity contribution is -0.166. The minimum absolute atomic E-state index is 0.00538. The van der Waals surface area contributed by atoms with Crippen molar-refractivity contribution in [3.8, 4) is 0 Å². The molecule has 0 bridgehead atoms. The summed E-state index contributed by atoms with van der Waals surface area (Å²) in [7, 11) is -4.18. The molecule has 9 heteroatoms. The molecule has 4 rings (SSSR count). The van der Waals surface area contributed by atoms with Gasteiger partial charge in [-0.3, -0.25) is 23.7 Å². The summed E-state index contributed by atoms with van der Waals surface area (Å²) in [6.45, 7) is 5.88. The van der Waals surface area contributed by atoms with Crippen LogP contribution < -0.4 is 0 Å². The van der Waals surface area contributed by atoms with Crippen molar-refractivity contribution in [2.24, 2.45) is 46.3 Å². The molecule has 0 aromatic heterocycles. The smallest absolute Gasteiger partial charge is 0.305 e. The Morgan fingerprint density at radius 3 is 2.51 bits per heavy atom. The second kappa shape index (κ2) is 9.36. The summed E-state index contributed by atoms with van der Waals surface area (Å²) in [5, 5.41) is 0. The molecule has 0 aromatic carbocycles. The van der Waals surface area contributed by atoms with Crippen molar-refractivity contribution in [3.63, 3.8) is 0 Å². The van der Waals surface area contributed by atoms with Gasteiger partial charge in [-0.05, 0) is 60.7 Å². The summed E-state index contributed by atoms with van der Waals surface area (Å²) in [5.74, 6) is -0.396. The minimum Gasteiger partial charge on any atom is -0.464 e. The van der Waals surface area contributed by atoms with Gasteiger partial charge >= 0.3 is 5.97 Å². The van der Waals surface area contributed by atoms with Gasteiger partial charge in [0.2, 0.25) is 0 Å². The van der Waals surface area contributed by atoms with Crippen LogP contribution in [0.15, 0.2) is 0 Å². The third kappa shape index (κ3) is 4.75. The predicted octanol–water partition coefficient (Wildman–Crippen LogP) is 3.42. The van der Waals surface area contributed by atoms with Crippen molar-refractivity contribution < 1.29 is 36.9 Å². The first-order valence-corrected chi connectivity index (χ1v) is 14.6. The second-order valence-electron chi connectivity index (χ2n) is 12.0. The van der Waals surface area contributed by atoms with Crippen LogP contribution in [0, 0.1) is 46.3 Å². The highest BCUT2D eigenvalue weighted by Gasteiger charge is 2.66. The number of esters is 1. The van der Waals surface area contributed by atoms with Gasteiger partial charge in [0.1, 0.15) is 29.7 Å². The number of hydrogen-bond donors (Lipinski definition) is 1. The van der Waals surface area contributed by atoms with Crippen LogP contribution in [0.25, 0.3) is 0 Å². The van der Waals surface area contributed by atoms with Crippen LogP contribution in [0.4, 0.5) is 0 Å². The highest BCUT2D eigenvalue weighted by Crippen LogP contribution is 2.66. The molecule has 4 aliphatic carbocycles. The molecule has 0 amide bonds. The Balaban J connectivity index is 1.45. The molecule has 8 atom stereocenters. The first-order valence-electron chi connectivity index (χ1n) is 13.0. The molecule has 0 radical (unpaired) electrons. The fourth-order valence-electron chi connectivity index (χ4n) is 8.27. The maximum Gasteiger partial charge on any atom is 0.305 e. The van der Waals surface area contributed by atoms with Crippen molar-refractivity contribution in [2.75, 3.05) is 12.4 Å². The third-order valence-electron chi connectivity index (χ3n) is 10.3. The molecule has 8 nitrogen and oxygen atoms in total. The van der Waals surface area contributed by atoms with E-state index in [-0.39, 0.29) is 71.3 Å². The Bertz CT molecular complexity index is 1020. The lowest BCUT2D eigenvalue weighted by Crippen LogP contribution is -2.60. The van der Waals surface area contributed by atoms with Crippen molar-refractivity contribution in [1.82, 2.24) is 0 Å². The van der Waals surface area contributed by atoms with Gasteiger partial charge in [-0.15, -0.1) is 0 Å². The molecule has 35 heavy (non-hydrogen) atoms. The number of Topliss-reactive ketones (excluding diaryl/α,β-unsaturated/α-hetero) is 3. The molecular formula is C26H38O8S. The van der Waals surface area contributed by atoms with Crippen LogP contribution in [0.3, 0.4) is 0 Å². The van der Waals surface area contributed by atoms with E-state index < -0.39 is 27.3 Å². The zero-order chi connectivity index (χ0) is 25.8. The topological polar surface area (TPSA) is 132 Å².